The number of benzene rings is 1. The summed E-state index contributed by atoms with van der Waals surface area (Å²) in [4.78, 5) is 0.441. The largest absolute Gasteiger partial charge is 0.386 e. The molecule has 0 aliphatic carbocycles. The number of aromatic nitrogens is 1. The first-order valence-corrected chi connectivity index (χ1v) is 8.18. The average molecular weight is 321 g/mol. The summed E-state index contributed by atoms with van der Waals surface area (Å²) in [5, 5.41) is 3.34. The Morgan fingerprint density at radius 3 is 2.67 bits per heavy atom. The number of sulfone groups is 1. The number of fused-ring (bicyclic) bond motifs is 1. The minimum absolute atomic E-state index is 0.184. The normalized spacial score (nSPS) is 11.7. The fourth-order valence-electron chi connectivity index (χ4n) is 2.31. The molecule has 0 atom stereocenters. The molecule has 3 rings (SSSR count). The van der Waals surface area contributed by atoms with Gasteiger partial charge in [-0.15, -0.1) is 0 Å². The van der Waals surface area contributed by atoms with Gasteiger partial charge in [-0.1, -0.05) is 23.7 Å². The van der Waals surface area contributed by atoms with Gasteiger partial charge in [0.25, 0.3) is 0 Å². The van der Waals surface area contributed by atoms with Crippen molar-refractivity contribution in [1.29, 1.82) is 0 Å². The quantitative estimate of drug-likeness (QED) is 0.804. The van der Waals surface area contributed by atoms with Gasteiger partial charge in [0.05, 0.1) is 16.1 Å². The van der Waals surface area contributed by atoms with Crippen LogP contribution in [0.25, 0.3) is 5.52 Å². The van der Waals surface area contributed by atoms with Crippen molar-refractivity contribution in [3.05, 3.63) is 59.9 Å². The molecule has 3 aromatic rings. The fourth-order valence-corrected chi connectivity index (χ4v) is 4.23. The Balaban J connectivity index is 2.33. The first-order valence-electron chi connectivity index (χ1n) is 6.32. The second-order valence-corrected chi connectivity index (χ2v) is 6.90. The molecule has 0 bridgehead atoms. The highest BCUT2D eigenvalue weighted by molar-refractivity contribution is 7.91. The third kappa shape index (κ3) is 2.28. The zero-order valence-electron chi connectivity index (χ0n) is 11.2. The molecule has 0 amide bonds. The molecule has 0 saturated heterocycles. The van der Waals surface area contributed by atoms with Crippen LogP contribution >= 0.6 is 11.6 Å². The van der Waals surface area contributed by atoms with E-state index in [0.29, 0.717) is 16.2 Å². The molecule has 0 aliphatic rings. The maximum atomic E-state index is 12.9. The molecular formula is C15H13ClN2O2S. The van der Waals surface area contributed by atoms with E-state index in [1.165, 1.54) is 6.07 Å². The minimum atomic E-state index is -3.66. The lowest BCUT2D eigenvalue weighted by Crippen LogP contribution is -2.04. The Morgan fingerprint density at radius 2 is 1.95 bits per heavy atom. The van der Waals surface area contributed by atoms with Crippen LogP contribution in [0.3, 0.4) is 0 Å². The number of nitrogens with one attached hydrogen (secondary N) is 1. The Kier molecular flexibility index (Phi) is 3.39. The van der Waals surface area contributed by atoms with Crippen LogP contribution in [-0.2, 0) is 9.84 Å². The summed E-state index contributed by atoms with van der Waals surface area (Å²) in [6.45, 7) is 0. The molecule has 0 radical (unpaired) electrons. The summed E-state index contributed by atoms with van der Waals surface area (Å²) in [7, 11) is -1.96. The van der Waals surface area contributed by atoms with E-state index in [2.05, 4.69) is 5.32 Å². The third-order valence-corrected chi connectivity index (χ3v) is 5.36. The smallest absolute Gasteiger partial charge is 0.210 e. The van der Waals surface area contributed by atoms with Gasteiger partial charge in [-0.3, -0.25) is 0 Å². The predicted molar refractivity (Wildman–Crippen MR) is 83.8 cm³/mol. The van der Waals surface area contributed by atoms with Gasteiger partial charge in [0, 0.05) is 24.5 Å². The maximum Gasteiger partial charge on any atom is 0.210 e. The van der Waals surface area contributed by atoms with E-state index in [-0.39, 0.29) is 9.79 Å². The van der Waals surface area contributed by atoms with E-state index in [0.717, 1.165) is 0 Å². The van der Waals surface area contributed by atoms with Crippen LogP contribution in [0.15, 0.2) is 64.6 Å². The molecule has 4 nitrogen and oxygen atoms in total. The van der Waals surface area contributed by atoms with Gasteiger partial charge in [-0.25, -0.2) is 8.42 Å². The van der Waals surface area contributed by atoms with Gasteiger partial charge in [0.1, 0.15) is 4.90 Å². The van der Waals surface area contributed by atoms with Gasteiger partial charge in [-0.05, 0) is 30.3 Å². The van der Waals surface area contributed by atoms with Gasteiger partial charge < -0.3 is 9.72 Å². The molecule has 0 spiro atoms. The fraction of sp³-hybridized carbons (Fsp3) is 0.0667. The zero-order chi connectivity index (χ0) is 15.0. The number of rotatable bonds is 3. The Hall–Kier alpha value is -1.98. The number of nitrogens with zero attached hydrogens (tertiary/aromatic N) is 1. The van der Waals surface area contributed by atoms with Crippen LogP contribution in [-0.4, -0.2) is 19.9 Å². The molecule has 2 heterocycles. The van der Waals surface area contributed by atoms with Crippen LogP contribution in [0.1, 0.15) is 0 Å². The standard InChI is InChI=1S/C15H13ClN2O2S/c1-17-13-10-18-8-3-2-7-14(18)15(13)21(19,20)12-6-4-5-11(16)9-12/h2-10,17H,1H3. The number of pyridine rings is 1. The van der Waals surface area contributed by atoms with Crippen molar-refractivity contribution in [1.82, 2.24) is 4.40 Å². The summed E-state index contributed by atoms with van der Waals surface area (Å²) in [6.07, 6.45) is 3.57. The number of anilines is 1. The van der Waals surface area contributed by atoms with Gasteiger partial charge in [0.2, 0.25) is 9.84 Å². The molecule has 108 valence electrons. The van der Waals surface area contributed by atoms with E-state index in [9.17, 15) is 8.42 Å². The monoisotopic (exact) mass is 320 g/mol. The topological polar surface area (TPSA) is 50.6 Å². The molecule has 0 aliphatic heterocycles. The van der Waals surface area contributed by atoms with Gasteiger partial charge >= 0.3 is 0 Å². The van der Waals surface area contributed by atoms with Gasteiger partial charge in [0.15, 0.2) is 0 Å². The Labute approximate surface area is 127 Å². The number of halogens is 1. The molecule has 6 heteroatoms. The number of hydrogen-bond acceptors (Lipinski definition) is 3. The number of hydrogen-bond donors (Lipinski definition) is 1. The van der Waals surface area contributed by atoms with E-state index >= 15 is 0 Å². The van der Waals surface area contributed by atoms with Gasteiger partial charge in [-0.2, -0.15) is 0 Å². The summed E-state index contributed by atoms with van der Waals surface area (Å²) in [5.41, 5.74) is 1.18. The molecule has 21 heavy (non-hydrogen) atoms. The summed E-state index contributed by atoms with van der Waals surface area (Å²) in [5.74, 6) is 0. The lowest BCUT2D eigenvalue weighted by atomic mass is 10.4. The van der Waals surface area contributed by atoms with Crippen molar-refractivity contribution in [3.63, 3.8) is 0 Å². The minimum Gasteiger partial charge on any atom is -0.386 e. The second-order valence-electron chi connectivity index (χ2n) is 4.58. The maximum absolute atomic E-state index is 12.9. The van der Waals surface area contributed by atoms with Crippen molar-refractivity contribution < 1.29 is 8.42 Å². The lowest BCUT2D eigenvalue weighted by molar-refractivity contribution is 0.597. The molecule has 0 fully saturated rings. The third-order valence-electron chi connectivity index (χ3n) is 3.28. The highest BCUT2D eigenvalue weighted by Gasteiger charge is 2.25. The molecule has 0 saturated carbocycles. The van der Waals surface area contributed by atoms with Crippen LogP contribution in [0.4, 0.5) is 5.69 Å². The van der Waals surface area contributed by atoms with E-state index in [1.54, 1.807) is 41.9 Å². The van der Waals surface area contributed by atoms with Crippen molar-refractivity contribution in [3.8, 4) is 0 Å². The van der Waals surface area contributed by atoms with Crippen molar-refractivity contribution in [2.75, 3.05) is 12.4 Å². The Bertz CT molecular complexity index is 916. The molecule has 2 aromatic heterocycles. The van der Waals surface area contributed by atoms with E-state index in [4.69, 9.17) is 11.6 Å². The van der Waals surface area contributed by atoms with Crippen LogP contribution in [0.5, 0.6) is 0 Å². The van der Waals surface area contributed by atoms with Crippen molar-refractivity contribution >= 4 is 32.6 Å². The first-order chi connectivity index (χ1) is 10.0. The highest BCUT2D eigenvalue weighted by atomic mass is 35.5. The van der Waals surface area contributed by atoms with E-state index < -0.39 is 9.84 Å². The average Bonchev–Trinajstić information content (AvgIpc) is 2.86. The van der Waals surface area contributed by atoms with Crippen LogP contribution < -0.4 is 5.32 Å². The molecule has 1 aromatic carbocycles. The van der Waals surface area contributed by atoms with Crippen molar-refractivity contribution in [2.24, 2.45) is 0 Å². The van der Waals surface area contributed by atoms with Crippen molar-refractivity contribution in [2.45, 2.75) is 9.79 Å². The summed E-state index contributed by atoms with van der Waals surface area (Å²) >= 11 is 5.92. The first kappa shape index (κ1) is 14.0. The molecule has 0 unspecified atom stereocenters. The second kappa shape index (κ2) is 5.09. The SMILES string of the molecule is CNc1cn2ccccc2c1S(=O)(=O)c1cccc(Cl)c1. The van der Waals surface area contributed by atoms with Crippen LogP contribution in [0.2, 0.25) is 5.02 Å². The molecular weight excluding hydrogens is 308 g/mol. The zero-order valence-corrected chi connectivity index (χ0v) is 12.8. The molecule has 1 N–H and O–H groups in total. The van der Waals surface area contributed by atoms with Crippen LogP contribution in [0, 0.1) is 0 Å². The Morgan fingerprint density at radius 1 is 1.14 bits per heavy atom. The summed E-state index contributed by atoms with van der Waals surface area (Å²) < 4.78 is 27.6. The van der Waals surface area contributed by atoms with E-state index in [1.807, 2.05) is 18.3 Å². The lowest BCUT2D eigenvalue weighted by Gasteiger charge is -2.07. The summed E-state index contributed by atoms with van der Waals surface area (Å²) in [6, 6.07) is 11.7. The predicted octanol–water partition coefficient (Wildman–Crippen LogP) is 3.47. The highest BCUT2D eigenvalue weighted by Crippen LogP contribution is 2.33.